The lowest BCUT2D eigenvalue weighted by atomic mass is 9.93. The standard InChI is InChI=1S/C10H16N4O/c1-7-4-8(13(3)12-7)9(15)14-5-10(2,11)6-14/h4H,5-6,11H2,1-3H3. The van der Waals surface area contributed by atoms with Crippen molar-refractivity contribution in [2.45, 2.75) is 19.4 Å². The van der Waals surface area contributed by atoms with E-state index in [0.717, 1.165) is 5.69 Å². The van der Waals surface area contributed by atoms with Crippen molar-refractivity contribution in [3.05, 3.63) is 17.5 Å². The van der Waals surface area contributed by atoms with E-state index >= 15 is 0 Å². The molecule has 2 heterocycles. The second-order valence-corrected chi connectivity index (χ2v) is 4.61. The first-order valence-corrected chi connectivity index (χ1v) is 4.98. The summed E-state index contributed by atoms with van der Waals surface area (Å²) in [7, 11) is 1.78. The molecule has 0 aromatic carbocycles. The van der Waals surface area contributed by atoms with Crippen molar-refractivity contribution in [1.82, 2.24) is 14.7 Å². The molecule has 5 heteroatoms. The molecule has 1 aromatic rings. The average molecular weight is 208 g/mol. The summed E-state index contributed by atoms with van der Waals surface area (Å²) < 4.78 is 1.61. The van der Waals surface area contributed by atoms with E-state index in [-0.39, 0.29) is 11.4 Å². The lowest BCUT2D eigenvalue weighted by Gasteiger charge is -2.45. The first-order chi connectivity index (χ1) is 6.89. The quantitative estimate of drug-likeness (QED) is 0.701. The van der Waals surface area contributed by atoms with Gasteiger partial charge >= 0.3 is 0 Å². The monoisotopic (exact) mass is 208 g/mol. The van der Waals surface area contributed by atoms with E-state index in [1.54, 1.807) is 22.7 Å². The summed E-state index contributed by atoms with van der Waals surface area (Å²) in [5, 5.41) is 4.15. The van der Waals surface area contributed by atoms with Gasteiger partial charge in [-0.3, -0.25) is 9.48 Å². The maximum Gasteiger partial charge on any atom is 0.272 e. The minimum atomic E-state index is -0.219. The molecule has 1 amide bonds. The maximum atomic E-state index is 12.0. The molecule has 1 saturated heterocycles. The molecule has 0 saturated carbocycles. The molecule has 15 heavy (non-hydrogen) atoms. The van der Waals surface area contributed by atoms with Gasteiger partial charge in [0.05, 0.1) is 5.69 Å². The van der Waals surface area contributed by atoms with E-state index in [1.165, 1.54) is 0 Å². The Bertz CT molecular complexity index is 400. The number of aromatic nitrogens is 2. The van der Waals surface area contributed by atoms with Crippen molar-refractivity contribution in [3.8, 4) is 0 Å². The third-order valence-corrected chi connectivity index (χ3v) is 2.61. The molecule has 2 N–H and O–H groups in total. The Morgan fingerprint density at radius 2 is 2.20 bits per heavy atom. The fraction of sp³-hybridized carbons (Fsp3) is 0.600. The molecule has 1 fully saturated rings. The lowest BCUT2D eigenvalue weighted by Crippen LogP contribution is -2.66. The molecule has 1 aliphatic rings. The van der Waals surface area contributed by atoms with Crippen molar-refractivity contribution < 1.29 is 4.79 Å². The van der Waals surface area contributed by atoms with Gasteiger partial charge in [-0.25, -0.2) is 0 Å². The minimum Gasteiger partial charge on any atom is -0.334 e. The number of nitrogens with zero attached hydrogens (tertiary/aromatic N) is 3. The Kier molecular flexibility index (Phi) is 2.08. The van der Waals surface area contributed by atoms with E-state index in [0.29, 0.717) is 18.8 Å². The zero-order valence-corrected chi connectivity index (χ0v) is 9.32. The largest absolute Gasteiger partial charge is 0.334 e. The van der Waals surface area contributed by atoms with Gasteiger partial charge in [0.2, 0.25) is 0 Å². The molecular formula is C10H16N4O. The van der Waals surface area contributed by atoms with Crippen molar-refractivity contribution >= 4 is 5.91 Å². The summed E-state index contributed by atoms with van der Waals surface area (Å²) in [6.45, 7) is 5.07. The number of hydrogen-bond acceptors (Lipinski definition) is 3. The Hall–Kier alpha value is -1.36. The zero-order chi connectivity index (χ0) is 11.2. The first-order valence-electron chi connectivity index (χ1n) is 4.98. The summed E-state index contributed by atoms with van der Waals surface area (Å²) in [6, 6.07) is 1.80. The Balaban J connectivity index is 2.13. The van der Waals surface area contributed by atoms with Gasteiger partial charge in [0.15, 0.2) is 0 Å². The highest BCUT2D eigenvalue weighted by atomic mass is 16.2. The fourth-order valence-corrected chi connectivity index (χ4v) is 1.94. The minimum absolute atomic E-state index is 0.0148. The molecule has 5 nitrogen and oxygen atoms in total. The first kappa shape index (κ1) is 10.2. The van der Waals surface area contributed by atoms with Crippen LogP contribution < -0.4 is 5.73 Å². The van der Waals surface area contributed by atoms with Crippen LogP contribution in [0, 0.1) is 6.92 Å². The van der Waals surface area contributed by atoms with Gasteiger partial charge in [0.25, 0.3) is 5.91 Å². The molecule has 0 radical (unpaired) electrons. The van der Waals surface area contributed by atoms with Crippen LogP contribution in [0.3, 0.4) is 0 Å². The molecule has 0 bridgehead atoms. The van der Waals surface area contributed by atoms with Gasteiger partial charge in [0, 0.05) is 25.7 Å². The highest BCUT2D eigenvalue weighted by Crippen LogP contribution is 2.19. The summed E-state index contributed by atoms with van der Waals surface area (Å²) >= 11 is 0. The summed E-state index contributed by atoms with van der Waals surface area (Å²) in [5.41, 5.74) is 7.12. The van der Waals surface area contributed by atoms with Crippen LogP contribution in [0.5, 0.6) is 0 Å². The van der Waals surface area contributed by atoms with Crippen LogP contribution in [0.25, 0.3) is 0 Å². The number of likely N-dealkylation sites (tertiary alicyclic amines) is 1. The van der Waals surface area contributed by atoms with Gasteiger partial charge < -0.3 is 10.6 Å². The van der Waals surface area contributed by atoms with Crippen molar-refractivity contribution in [2.75, 3.05) is 13.1 Å². The number of carbonyl (C=O) groups excluding carboxylic acids is 1. The SMILES string of the molecule is Cc1cc(C(=O)N2CC(C)(N)C2)n(C)n1. The molecule has 1 aromatic heterocycles. The van der Waals surface area contributed by atoms with Gasteiger partial charge in [0.1, 0.15) is 5.69 Å². The summed E-state index contributed by atoms with van der Waals surface area (Å²) in [6.07, 6.45) is 0. The van der Waals surface area contributed by atoms with E-state index in [9.17, 15) is 4.79 Å². The van der Waals surface area contributed by atoms with Crippen LogP contribution in [0.1, 0.15) is 23.1 Å². The fourth-order valence-electron chi connectivity index (χ4n) is 1.94. The third kappa shape index (κ3) is 1.74. The van der Waals surface area contributed by atoms with Crippen LogP contribution in [0.15, 0.2) is 6.07 Å². The predicted molar refractivity (Wildman–Crippen MR) is 56.4 cm³/mol. The zero-order valence-electron chi connectivity index (χ0n) is 9.32. The molecule has 0 aliphatic carbocycles. The van der Waals surface area contributed by atoms with E-state index in [4.69, 9.17) is 5.73 Å². The number of amides is 1. The smallest absolute Gasteiger partial charge is 0.272 e. The molecule has 0 atom stereocenters. The van der Waals surface area contributed by atoms with Crippen molar-refractivity contribution in [1.29, 1.82) is 0 Å². The Morgan fingerprint density at radius 1 is 1.60 bits per heavy atom. The molecule has 1 aliphatic heterocycles. The van der Waals surface area contributed by atoms with Crippen molar-refractivity contribution in [3.63, 3.8) is 0 Å². The number of nitrogens with two attached hydrogens (primary N) is 1. The Morgan fingerprint density at radius 3 is 2.60 bits per heavy atom. The average Bonchev–Trinajstić information content (AvgIpc) is 2.40. The second-order valence-electron chi connectivity index (χ2n) is 4.61. The van der Waals surface area contributed by atoms with Crippen LogP contribution >= 0.6 is 0 Å². The van der Waals surface area contributed by atoms with E-state index in [2.05, 4.69) is 5.10 Å². The van der Waals surface area contributed by atoms with Crippen LogP contribution in [-0.4, -0.2) is 39.2 Å². The van der Waals surface area contributed by atoms with Crippen LogP contribution in [0.4, 0.5) is 0 Å². The molecular weight excluding hydrogens is 192 g/mol. The van der Waals surface area contributed by atoms with Crippen LogP contribution in [0.2, 0.25) is 0 Å². The number of carbonyl (C=O) groups is 1. The third-order valence-electron chi connectivity index (χ3n) is 2.61. The summed E-state index contributed by atoms with van der Waals surface area (Å²) in [5.74, 6) is 0.0148. The molecule has 2 rings (SSSR count). The Labute approximate surface area is 88.8 Å². The number of hydrogen-bond donors (Lipinski definition) is 1. The lowest BCUT2D eigenvalue weighted by molar-refractivity contribution is 0.0442. The molecule has 0 spiro atoms. The number of rotatable bonds is 1. The van der Waals surface area contributed by atoms with Gasteiger partial charge in [-0.15, -0.1) is 0 Å². The normalized spacial score (nSPS) is 18.8. The predicted octanol–water partition coefficient (Wildman–Crippen LogP) is -0.0983. The van der Waals surface area contributed by atoms with E-state index in [1.807, 2.05) is 13.8 Å². The highest BCUT2D eigenvalue weighted by Gasteiger charge is 2.38. The van der Waals surface area contributed by atoms with E-state index < -0.39 is 0 Å². The van der Waals surface area contributed by atoms with Crippen molar-refractivity contribution in [2.24, 2.45) is 12.8 Å². The topological polar surface area (TPSA) is 64.2 Å². The summed E-state index contributed by atoms with van der Waals surface area (Å²) in [4.78, 5) is 13.7. The molecule has 82 valence electrons. The number of aryl methyl sites for hydroxylation is 2. The highest BCUT2D eigenvalue weighted by molar-refractivity contribution is 5.93. The van der Waals surface area contributed by atoms with Gasteiger partial charge in [-0.2, -0.15) is 5.10 Å². The maximum absolute atomic E-state index is 12.0. The van der Waals surface area contributed by atoms with Gasteiger partial charge in [-0.1, -0.05) is 0 Å². The van der Waals surface area contributed by atoms with Crippen LogP contribution in [-0.2, 0) is 7.05 Å². The second kappa shape index (κ2) is 3.06. The molecule has 0 unspecified atom stereocenters. The van der Waals surface area contributed by atoms with Gasteiger partial charge in [-0.05, 0) is 19.9 Å².